The smallest absolute Gasteiger partial charge is 0.0107 e. The van der Waals surface area contributed by atoms with Crippen molar-refractivity contribution in [3.8, 4) is 0 Å². The molecule has 1 N–H and O–H groups in total. The summed E-state index contributed by atoms with van der Waals surface area (Å²) < 4.78 is 0. The molecule has 0 radical (unpaired) electrons. The molecular formula is C16H34N2. The molecule has 1 rings (SSSR count). The summed E-state index contributed by atoms with van der Waals surface area (Å²) in [5, 5.41) is 3.71. The van der Waals surface area contributed by atoms with Gasteiger partial charge in [-0.15, -0.1) is 0 Å². The first-order chi connectivity index (χ1) is 8.54. The van der Waals surface area contributed by atoms with E-state index in [-0.39, 0.29) is 0 Å². The van der Waals surface area contributed by atoms with Gasteiger partial charge in [-0.2, -0.15) is 0 Å². The van der Waals surface area contributed by atoms with Gasteiger partial charge in [-0.1, -0.05) is 33.6 Å². The first kappa shape index (κ1) is 16.0. The number of hydrogen-bond donors (Lipinski definition) is 1. The molecule has 2 nitrogen and oxygen atoms in total. The molecule has 1 saturated carbocycles. The van der Waals surface area contributed by atoms with Crippen LogP contribution in [0.15, 0.2) is 0 Å². The summed E-state index contributed by atoms with van der Waals surface area (Å²) in [6, 6.07) is 1.44. The fourth-order valence-electron chi connectivity index (χ4n) is 3.22. The Morgan fingerprint density at radius 3 is 2.33 bits per heavy atom. The van der Waals surface area contributed by atoms with Gasteiger partial charge in [0.25, 0.3) is 0 Å². The molecule has 108 valence electrons. The molecule has 0 heterocycles. The standard InChI is InChI=1S/C16H34N2/c1-6-17-16-10-8-7-9-15(16)12-18(14(4)5)11-13(2)3/h13-17H,6-12H2,1-5H3. The van der Waals surface area contributed by atoms with E-state index in [4.69, 9.17) is 0 Å². The zero-order valence-electron chi connectivity index (χ0n) is 13.2. The Hall–Kier alpha value is -0.0800. The normalized spacial score (nSPS) is 25.3. The zero-order valence-corrected chi connectivity index (χ0v) is 13.2. The highest BCUT2D eigenvalue weighted by molar-refractivity contribution is 4.83. The van der Waals surface area contributed by atoms with E-state index in [1.807, 2.05) is 0 Å². The molecule has 2 unspecified atom stereocenters. The first-order valence-electron chi connectivity index (χ1n) is 8.02. The molecule has 0 aromatic carbocycles. The van der Waals surface area contributed by atoms with E-state index in [1.165, 1.54) is 38.8 Å². The maximum absolute atomic E-state index is 3.71. The molecule has 1 aliphatic carbocycles. The second-order valence-electron chi connectivity index (χ2n) is 6.65. The lowest BCUT2D eigenvalue weighted by molar-refractivity contribution is 0.130. The highest BCUT2D eigenvalue weighted by Crippen LogP contribution is 2.26. The quantitative estimate of drug-likeness (QED) is 0.748. The molecule has 2 atom stereocenters. The number of rotatable bonds is 7. The van der Waals surface area contributed by atoms with Gasteiger partial charge in [0, 0.05) is 25.2 Å². The number of nitrogens with one attached hydrogen (secondary N) is 1. The predicted molar refractivity (Wildman–Crippen MR) is 81.0 cm³/mol. The van der Waals surface area contributed by atoms with Crippen LogP contribution in [0.4, 0.5) is 0 Å². The van der Waals surface area contributed by atoms with Crippen molar-refractivity contribution in [1.82, 2.24) is 10.2 Å². The molecule has 1 aliphatic rings. The average Bonchev–Trinajstić information content (AvgIpc) is 2.30. The Morgan fingerprint density at radius 2 is 1.78 bits per heavy atom. The van der Waals surface area contributed by atoms with Crippen LogP contribution in [-0.2, 0) is 0 Å². The van der Waals surface area contributed by atoms with Crippen LogP contribution in [-0.4, -0.2) is 36.6 Å². The van der Waals surface area contributed by atoms with Crippen LogP contribution in [0.5, 0.6) is 0 Å². The molecule has 0 aromatic heterocycles. The third kappa shape index (κ3) is 5.27. The van der Waals surface area contributed by atoms with E-state index in [1.54, 1.807) is 0 Å². The van der Waals surface area contributed by atoms with Crippen molar-refractivity contribution < 1.29 is 0 Å². The molecule has 0 saturated heterocycles. The minimum Gasteiger partial charge on any atom is -0.314 e. The van der Waals surface area contributed by atoms with Crippen molar-refractivity contribution in [3.63, 3.8) is 0 Å². The minimum absolute atomic E-state index is 0.677. The third-order valence-electron chi connectivity index (χ3n) is 4.17. The van der Waals surface area contributed by atoms with E-state index in [0.29, 0.717) is 6.04 Å². The molecule has 0 aliphatic heterocycles. The summed E-state index contributed by atoms with van der Waals surface area (Å²) in [6.45, 7) is 15.2. The lowest BCUT2D eigenvalue weighted by Crippen LogP contribution is -2.46. The van der Waals surface area contributed by atoms with Gasteiger partial charge in [-0.25, -0.2) is 0 Å². The lowest BCUT2D eigenvalue weighted by atomic mass is 9.83. The van der Waals surface area contributed by atoms with Crippen LogP contribution >= 0.6 is 0 Å². The summed E-state index contributed by atoms with van der Waals surface area (Å²) in [4.78, 5) is 2.69. The molecule has 18 heavy (non-hydrogen) atoms. The largest absolute Gasteiger partial charge is 0.314 e. The molecule has 1 fully saturated rings. The van der Waals surface area contributed by atoms with Gasteiger partial charge in [0.2, 0.25) is 0 Å². The van der Waals surface area contributed by atoms with Crippen molar-refractivity contribution in [2.24, 2.45) is 11.8 Å². The SMILES string of the molecule is CCNC1CCCCC1CN(CC(C)C)C(C)C. The van der Waals surface area contributed by atoms with E-state index >= 15 is 0 Å². The van der Waals surface area contributed by atoms with Gasteiger partial charge in [-0.3, -0.25) is 0 Å². The maximum atomic E-state index is 3.71. The van der Waals surface area contributed by atoms with Crippen molar-refractivity contribution in [1.29, 1.82) is 0 Å². The van der Waals surface area contributed by atoms with E-state index in [0.717, 1.165) is 24.4 Å². The Balaban J connectivity index is 2.53. The van der Waals surface area contributed by atoms with Gasteiger partial charge < -0.3 is 10.2 Å². The zero-order chi connectivity index (χ0) is 13.5. The van der Waals surface area contributed by atoms with Crippen LogP contribution in [0.2, 0.25) is 0 Å². The predicted octanol–water partition coefficient (Wildman–Crippen LogP) is 3.52. The van der Waals surface area contributed by atoms with E-state index < -0.39 is 0 Å². The molecule has 0 bridgehead atoms. The van der Waals surface area contributed by atoms with Gasteiger partial charge in [0.15, 0.2) is 0 Å². The number of nitrogens with zero attached hydrogens (tertiary/aromatic N) is 1. The fraction of sp³-hybridized carbons (Fsp3) is 1.00. The maximum Gasteiger partial charge on any atom is 0.0107 e. The van der Waals surface area contributed by atoms with E-state index in [2.05, 4.69) is 44.8 Å². The summed E-state index contributed by atoms with van der Waals surface area (Å²) in [5.74, 6) is 1.63. The second-order valence-corrected chi connectivity index (χ2v) is 6.65. The van der Waals surface area contributed by atoms with Crippen LogP contribution in [0.25, 0.3) is 0 Å². The Labute approximate surface area is 115 Å². The average molecular weight is 254 g/mol. The third-order valence-corrected chi connectivity index (χ3v) is 4.17. The molecule has 0 amide bonds. The second kappa shape index (κ2) is 8.16. The first-order valence-corrected chi connectivity index (χ1v) is 8.02. The van der Waals surface area contributed by atoms with Crippen molar-refractivity contribution >= 4 is 0 Å². The van der Waals surface area contributed by atoms with Crippen molar-refractivity contribution in [2.45, 2.75) is 72.4 Å². The topological polar surface area (TPSA) is 15.3 Å². The minimum atomic E-state index is 0.677. The van der Waals surface area contributed by atoms with Crippen LogP contribution in [0, 0.1) is 11.8 Å². The highest BCUT2D eigenvalue weighted by atomic mass is 15.2. The Bertz CT molecular complexity index is 211. The number of hydrogen-bond acceptors (Lipinski definition) is 2. The summed E-state index contributed by atoms with van der Waals surface area (Å²) in [7, 11) is 0. The van der Waals surface area contributed by atoms with E-state index in [9.17, 15) is 0 Å². The van der Waals surface area contributed by atoms with Crippen LogP contribution in [0.3, 0.4) is 0 Å². The van der Waals surface area contributed by atoms with Crippen molar-refractivity contribution in [2.75, 3.05) is 19.6 Å². The highest BCUT2D eigenvalue weighted by Gasteiger charge is 2.27. The Morgan fingerprint density at radius 1 is 1.11 bits per heavy atom. The van der Waals surface area contributed by atoms with Crippen molar-refractivity contribution in [3.05, 3.63) is 0 Å². The van der Waals surface area contributed by atoms with Gasteiger partial charge in [0.1, 0.15) is 0 Å². The summed E-state index contributed by atoms with van der Waals surface area (Å²) in [5.41, 5.74) is 0. The lowest BCUT2D eigenvalue weighted by Gasteiger charge is -2.38. The van der Waals surface area contributed by atoms with Gasteiger partial charge >= 0.3 is 0 Å². The van der Waals surface area contributed by atoms with Crippen LogP contribution < -0.4 is 5.32 Å². The molecular weight excluding hydrogens is 220 g/mol. The van der Waals surface area contributed by atoms with Gasteiger partial charge in [-0.05, 0) is 45.1 Å². The molecule has 0 spiro atoms. The monoisotopic (exact) mass is 254 g/mol. The Kier molecular flexibility index (Phi) is 7.25. The summed E-state index contributed by atoms with van der Waals surface area (Å²) >= 11 is 0. The fourth-order valence-corrected chi connectivity index (χ4v) is 3.22. The van der Waals surface area contributed by atoms with Crippen LogP contribution in [0.1, 0.15) is 60.3 Å². The van der Waals surface area contributed by atoms with Gasteiger partial charge in [0.05, 0.1) is 0 Å². The molecule has 0 aromatic rings. The molecule has 2 heteroatoms. The summed E-state index contributed by atoms with van der Waals surface area (Å²) in [6.07, 6.45) is 5.64.